The van der Waals surface area contributed by atoms with Crippen molar-refractivity contribution in [2.45, 2.75) is 29.1 Å². The van der Waals surface area contributed by atoms with Gasteiger partial charge in [0.2, 0.25) is 6.79 Å². The first-order chi connectivity index (χ1) is 13.3. The van der Waals surface area contributed by atoms with E-state index < -0.39 is 21.2 Å². The van der Waals surface area contributed by atoms with Crippen molar-refractivity contribution in [3.63, 3.8) is 0 Å². The number of carbonyl (C=O) groups excluding carboxylic acids is 2. The van der Waals surface area contributed by atoms with E-state index in [-0.39, 0.29) is 31.6 Å². The largest absolute Gasteiger partial charge is 0.454 e. The van der Waals surface area contributed by atoms with Gasteiger partial charge in [-0.1, -0.05) is 17.8 Å². The zero-order valence-electron chi connectivity index (χ0n) is 15.7. The third kappa shape index (κ3) is 1.80. The Morgan fingerprint density at radius 1 is 1.32 bits per heavy atom. The van der Waals surface area contributed by atoms with Crippen molar-refractivity contribution in [2.75, 3.05) is 27.6 Å². The highest BCUT2D eigenvalue weighted by molar-refractivity contribution is 8.04. The fraction of sp³-hybridized carbons (Fsp3) is 0.526. The zero-order valence-corrected chi connectivity index (χ0v) is 16.5. The maximum absolute atomic E-state index is 13.5. The summed E-state index contributed by atoms with van der Waals surface area (Å²) in [5, 5.41) is 10.2. The van der Waals surface area contributed by atoms with Crippen LogP contribution in [-0.4, -0.2) is 58.9 Å². The Morgan fingerprint density at radius 3 is 2.79 bits per heavy atom. The number of thioether (sulfide) groups is 1. The van der Waals surface area contributed by atoms with Crippen LogP contribution in [-0.2, 0) is 14.3 Å². The van der Waals surface area contributed by atoms with Gasteiger partial charge in [0, 0.05) is 20.6 Å². The molecule has 3 saturated heterocycles. The number of benzene rings is 1. The van der Waals surface area contributed by atoms with Crippen molar-refractivity contribution in [3.05, 3.63) is 23.8 Å². The number of hydrogen-bond acceptors (Lipinski definition) is 7. The molecule has 4 atom stereocenters. The van der Waals surface area contributed by atoms with Gasteiger partial charge in [-0.15, -0.1) is 0 Å². The summed E-state index contributed by atoms with van der Waals surface area (Å²) in [7, 11) is 3.18. The first-order valence-corrected chi connectivity index (χ1v) is 9.77. The van der Waals surface area contributed by atoms with Crippen molar-refractivity contribution >= 4 is 23.6 Å². The molecule has 1 aromatic carbocycles. The molecule has 4 aliphatic rings. The summed E-state index contributed by atoms with van der Waals surface area (Å²) in [4.78, 5) is 27.7. The summed E-state index contributed by atoms with van der Waals surface area (Å²) in [5.41, 5.74) is -0.312. The van der Waals surface area contributed by atoms with Crippen LogP contribution in [0.15, 0.2) is 18.2 Å². The number of rotatable bonds is 3. The van der Waals surface area contributed by atoms with Crippen LogP contribution >= 0.6 is 11.8 Å². The molecule has 2 amide bonds. The van der Waals surface area contributed by atoms with E-state index in [4.69, 9.17) is 14.2 Å². The molecule has 0 N–H and O–H groups in total. The van der Waals surface area contributed by atoms with Gasteiger partial charge in [-0.2, -0.15) is 5.26 Å². The molecule has 8 nitrogen and oxygen atoms in total. The second-order valence-corrected chi connectivity index (χ2v) is 9.48. The molecule has 1 aromatic rings. The minimum Gasteiger partial charge on any atom is -0.454 e. The van der Waals surface area contributed by atoms with Gasteiger partial charge in [-0.25, -0.2) is 0 Å². The molecule has 28 heavy (non-hydrogen) atoms. The standard InChI is InChI=1S/C19H19N3O5S/c1-17-15(23)22-14(11-4-5-12-13(6-11)27-10-26-12)18(8-20,9-25-3)7-19(22,28-17)16(24)21(17)2/h4-6,14H,7,9-10H2,1-3H3/t14?,17?,18-,19+/m1/s1. The molecule has 5 rings (SSSR count). The molecule has 146 valence electrons. The predicted molar refractivity (Wildman–Crippen MR) is 98.2 cm³/mol. The third-order valence-corrected chi connectivity index (χ3v) is 8.02. The number of likely N-dealkylation sites (N-methyl/N-ethyl adjacent to an activating group) is 1. The molecule has 3 fully saturated rings. The lowest BCUT2D eigenvalue weighted by Crippen LogP contribution is -2.60. The topological polar surface area (TPSA) is 92.1 Å². The van der Waals surface area contributed by atoms with Crippen LogP contribution in [0, 0.1) is 16.7 Å². The maximum atomic E-state index is 13.5. The number of piperazine rings is 1. The fourth-order valence-corrected chi connectivity index (χ4v) is 6.89. The minimum atomic E-state index is -1.09. The predicted octanol–water partition coefficient (Wildman–Crippen LogP) is 1.48. The van der Waals surface area contributed by atoms with Gasteiger partial charge in [0.25, 0.3) is 11.8 Å². The van der Waals surface area contributed by atoms with Gasteiger partial charge < -0.3 is 24.0 Å². The third-order valence-electron chi connectivity index (χ3n) is 6.32. The Morgan fingerprint density at radius 2 is 2.07 bits per heavy atom. The Kier molecular flexibility index (Phi) is 3.36. The van der Waals surface area contributed by atoms with Crippen LogP contribution in [0.1, 0.15) is 24.9 Å². The zero-order chi connectivity index (χ0) is 19.9. The molecule has 4 heterocycles. The first-order valence-electron chi connectivity index (χ1n) is 8.95. The quantitative estimate of drug-likeness (QED) is 0.757. The summed E-state index contributed by atoms with van der Waals surface area (Å²) < 4.78 is 16.3. The van der Waals surface area contributed by atoms with E-state index in [9.17, 15) is 14.9 Å². The molecule has 2 bridgehead atoms. The van der Waals surface area contributed by atoms with Crippen molar-refractivity contribution in [2.24, 2.45) is 5.41 Å². The Bertz CT molecular complexity index is 963. The highest BCUT2D eigenvalue weighted by Gasteiger charge is 2.79. The second-order valence-electron chi connectivity index (χ2n) is 7.80. The monoisotopic (exact) mass is 401 g/mol. The van der Waals surface area contributed by atoms with E-state index >= 15 is 0 Å². The van der Waals surface area contributed by atoms with Crippen molar-refractivity contribution in [1.82, 2.24) is 9.80 Å². The smallest absolute Gasteiger partial charge is 0.261 e. The van der Waals surface area contributed by atoms with Crippen LogP contribution in [0.4, 0.5) is 0 Å². The van der Waals surface area contributed by atoms with Gasteiger partial charge in [0.05, 0.1) is 18.7 Å². The van der Waals surface area contributed by atoms with Gasteiger partial charge in [-0.05, 0) is 24.6 Å². The van der Waals surface area contributed by atoms with Crippen LogP contribution in [0.3, 0.4) is 0 Å². The Balaban J connectivity index is 1.71. The van der Waals surface area contributed by atoms with E-state index in [1.807, 2.05) is 6.07 Å². The van der Waals surface area contributed by atoms with Crippen LogP contribution in [0.5, 0.6) is 11.5 Å². The van der Waals surface area contributed by atoms with Gasteiger partial charge in [0.15, 0.2) is 21.2 Å². The summed E-state index contributed by atoms with van der Waals surface area (Å²) in [6, 6.07) is 7.18. The Hall–Kier alpha value is -2.44. The molecular formula is C19H19N3O5S. The number of amides is 2. The number of methoxy groups -OCH3 is 1. The van der Waals surface area contributed by atoms with Crippen LogP contribution in [0.2, 0.25) is 0 Å². The molecule has 4 aliphatic heterocycles. The summed E-state index contributed by atoms with van der Waals surface area (Å²) in [5.74, 6) is 0.896. The molecule has 0 aliphatic carbocycles. The van der Waals surface area contributed by atoms with Gasteiger partial charge >= 0.3 is 0 Å². The van der Waals surface area contributed by atoms with E-state index in [1.165, 1.54) is 23.8 Å². The summed E-state index contributed by atoms with van der Waals surface area (Å²) in [6.07, 6.45) is 0.221. The van der Waals surface area contributed by atoms with E-state index in [0.717, 1.165) is 5.56 Å². The average molecular weight is 401 g/mol. The van der Waals surface area contributed by atoms with Gasteiger partial charge in [0.1, 0.15) is 5.41 Å². The van der Waals surface area contributed by atoms with Crippen LogP contribution in [0.25, 0.3) is 0 Å². The number of fused-ring (bicyclic) bond motifs is 2. The maximum Gasteiger partial charge on any atom is 0.261 e. The average Bonchev–Trinajstić information content (AvgIpc) is 3.36. The molecular weight excluding hydrogens is 382 g/mol. The van der Waals surface area contributed by atoms with Crippen molar-refractivity contribution in [3.8, 4) is 17.6 Å². The van der Waals surface area contributed by atoms with Gasteiger partial charge in [-0.3, -0.25) is 9.59 Å². The normalized spacial score (nSPS) is 37.6. The lowest BCUT2D eigenvalue weighted by molar-refractivity contribution is -0.159. The number of carbonyl (C=O) groups is 2. The van der Waals surface area contributed by atoms with Crippen molar-refractivity contribution in [1.29, 1.82) is 5.26 Å². The Labute approximate surface area is 166 Å². The number of nitriles is 1. The summed E-state index contributed by atoms with van der Waals surface area (Å²) >= 11 is 1.33. The lowest BCUT2D eigenvalue weighted by atomic mass is 9.78. The molecule has 0 radical (unpaired) electrons. The second kappa shape index (κ2) is 5.33. The van der Waals surface area contributed by atoms with Crippen LogP contribution < -0.4 is 9.47 Å². The molecule has 1 spiro atoms. The fourth-order valence-electron chi connectivity index (χ4n) is 4.99. The highest BCUT2D eigenvalue weighted by atomic mass is 32.2. The molecule has 0 saturated carbocycles. The number of nitrogens with zero attached hydrogens (tertiary/aromatic N) is 3. The SMILES string of the molecule is COC[C@]1(C#N)C[C@@]23SC(C)(C(=O)N2C1c1ccc2c(c1)OCO2)N(C)C3=O. The van der Waals surface area contributed by atoms with E-state index in [2.05, 4.69) is 6.07 Å². The highest BCUT2D eigenvalue weighted by Crippen LogP contribution is 2.69. The molecule has 0 aromatic heterocycles. The first kappa shape index (κ1) is 17.6. The van der Waals surface area contributed by atoms with Crippen molar-refractivity contribution < 1.29 is 23.8 Å². The van der Waals surface area contributed by atoms with E-state index in [1.54, 1.807) is 31.0 Å². The lowest BCUT2D eigenvalue weighted by Gasteiger charge is -2.40. The van der Waals surface area contributed by atoms with E-state index in [0.29, 0.717) is 11.5 Å². The minimum absolute atomic E-state index is 0.113. The summed E-state index contributed by atoms with van der Waals surface area (Å²) in [6.45, 7) is 2.02. The number of hydrogen-bond donors (Lipinski definition) is 0. The number of ether oxygens (including phenoxy) is 3. The molecule has 2 unspecified atom stereocenters. The molecule has 9 heteroatoms.